The summed E-state index contributed by atoms with van der Waals surface area (Å²) in [6, 6.07) is 9.50. The summed E-state index contributed by atoms with van der Waals surface area (Å²) in [7, 11) is 1.67. The molecule has 0 saturated heterocycles. The summed E-state index contributed by atoms with van der Waals surface area (Å²) in [4.78, 5) is 13.3. The van der Waals surface area contributed by atoms with Gasteiger partial charge in [0.1, 0.15) is 6.61 Å². The van der Waals surface area contributed by atoms with Crippen molar-refractivity contribution in [3.05, 3.63) is 35.9 Å². The van der Waals surface area contributed by atoms with Gasteiger partial charge in [-0.25, -0.2) is 4.79 Å². The van der Waals surface area contributed by atoms with Crippen LogP contribution in [0.2, 0.25) is 0 Å². The zero-order chi connectivity index (χ0) is 14.5. The number of amides is 1. The molecule has 0 aromatic heterocycles. The van der Waals surface area contributed by atoms with Crippen LogP contribution in [0.15, 0.2) is 30.3 Å². The molecule has 1 fully saturated rings. The molecule has 20 heavy (non-hydrogen) atoms. The van der Waals surface area contributed by atoms with Crippen LogP contribution in [0.25, 0.3) is 0 Å². The predicted octanol–water partition coefficient (Wildman–Crippen LogP) is 1.39. The first kappa shape index (κ1) is 14.8. The molecule has 3 atom stereocenters. The van der Waals surface area contributed by atoms with Gasteiger partial charge in [-0.15, -0.1) is 0 Å². The Morgan fingerprint density at radius 1 is 1.25 bits per heavy atom. The Kier molecular flexibility index (Phi) is 4.98. The van der Waals surface area contributed by atoms with Crippen LogP contribution in [0, 0.1) is 5.92 Å². The summed E-state index contributed by atoms with van der Waals surface area (Å²) in [6.45, 7) is 0.738. The van der Waals surface area contributed by atoms with Gasteiger partial charge in [0.25, 0.3) is 0 Å². The highest BCUT2D eigenvalue weighted by Crippen LogP contribution is 2.26. The van der Waals surface area contributed by atoms with Gasteiger partial charge in [0.05, 0.1) is 12.2 Å². The van der Waals surface area contributed by atoms with Gasteiger partial charge in [0.2, 0.25) is 0 Å². The van der Waals surface area contributed by atoms with Crippen molar-refractivity contribution in [3.63, 3.8) is 0 Å². The smallest absolute Gasteiger partial charge is 0.409 e. The minimum Gasteiger partial charge on any atom is -0.445 e. The van der Waals surface area contributed by atoms with E-state index in [9.17, 15) is 15.0 Å². The van der Waals surface area contributed by atoms with E-state index in [-0.39, 0.29) is 18.6 Å². The van der Waals surface area contributed by atoms with E-state index in [4.69, 9.17) is 4.74 Å². The number of rotatable bonds is 4. The van der Waals surface area contributed by atoms with Crippen LogP contribution < -0.4 is 0 Å². The fraction of sp³-hybridized carbons (Fsp3) is 0.533. The first-order valence-electron chi connectivity index (χ1n) is 6.84. The predicted molar refractivity (Wildman–Crippen MR) is 74.0 cm³/mol. The van der Waals surface area contributed by atoms with Crippen LogP contribution in [0.3, 0.4) is 0 Å². The summed E-state index contributed by atoms with van der Waals surface area (Å²) in [6.07, 6.45) is -0.679. The second kappa shape index (κ2) is 6.72. The molecule has 0 bridgehead atoms. The lowest BCUT2D eigenvalue weighted by molar-refractivity contribution is 0.0438. The topological polar surface area (TPSA) is 70.0 Å². The molecule has 0 heterocycles. The number of hydrogen-bond acceptors (Lipinski definition) is 4. The normalized spacial score (nSPS) is 25.4. The molecule has 5 nitrogen and oxygen atoms in total. The molecule has 1 aliphatic rings. The van der Waals surface area contributed by atoms with Gasteiger partial charge in [-0.2, -0.15) is 0 Å². The largest absolute Gasteiger partial charge is 0.445 e. The van der Waals surface area contributed by atoms with Crippen molar-refractivity contribution in [2.45, 2.75) is 31.7 Å². The van der Waals surface area contributed by atoms with Gasteiger partial charge in [-0.05, 0) is 24.3 Å². The van der Waals surface area contributed by atoms with Crippen molar-refractivity contribution in [3.8, 4) is 0 Å². The summed E-state index contributed by atoms with van der Waals surface area (Å²) in [5.41, 5.74) is 0.945. The lowest BCUT2D eigenvalue weighted by Crippen LogP contribution is -2.31. The Morgan fingerprint density at radius 2 is 1.85 bits per heavy atom. The minimum absolute atomic E-state index is 0.120. The van der Waals surface area contributed by atoms with Gasteiger partial charge in [0, 0.05) is 13.6 Å². The van der Waals surface area contributed by atoms with E-state index in [0.29, 0.717) is 19.4 Å². The first-order chi connectivity index (χ1) is 9.56. The van der Waals surface area contributed by atoms with E-state index in [0.717, 1.165) is 5.56 Å². The number of carbonyl (C=O) groups excluding carboxylic acids is 1. The van der Waals surface area contributed by atoms with Crippen LogP contribution >= 0.6 is 0 Å². The van der Waals surface area contributed by atoms with Crippen molar-refractivity contribution in [1.29, 1.82) is 0 Å². The van der Waals surface area contributed by atoms with Crippen molar-refractivity contribution < 1.29 is 19.7 Å². The van der Waals surface area contributed by atoms with E-state index in [1.54, 1.807) is 7.05 Å². The molecular weight excluding hydrogens is 258 g/mol. The maximum atomic E-state index is 11.8. The molecular formula is C15H21NO4. The fourth-order valence-corrected chi connectivity index (χ4v) is 2.53. The number of hydrogen-bond donors (Lipinski definition) is 2. The van der Waals surface area contributed by atoms with Crippen molar-refractivity contribution in [1.82, 2.24) is 4.90 Å². The Bertz CT molecular complexity index is 427. The Balaban J connectivity index is 1.75. The second-order valence-electron chi connectivity index (χ2n) is 5.39. The van der Waals surface area contributed by atoms with E-state index in [1.165, 1.54) is 4.90 Å². The van der Waals surface area contributed by atoms with Crippen molar-refractivity contribution >= 4 is 6.09 Å². The average molecular weight is 279 g/mol. The summed E-state index contributed by atoms with van der Waals surface area (Å²) in [5, 5.41) is 19.0. The van der Waals surface area contributed by atoms with Crippen LogP contribution in [0.1, 0.15) is 18.4 Å². The van der Waals surface area contributed by atoms with Crippen LogP contribution in [0.5, 0.6) is 0 Å². The van der Waals surface area contributed by atoms with Gasteiger partial charge in [-0.1, -0.05) is 30.3 Å². The SMILES string of the molecule is CN(C[C@H]1C[C@@H](O)[C@@H](O)C1)C(=O)OCc1ccccc1. The molecule has 2 N–H and O–H groups in total. The summed E-state index contributed by atoms with van der Waals surface area (Å²) < 4.78 is 5.22. The third kappa shape index (κ3) is 3.95. The highest BCUT2D eigenvalue weighted by atomic mass is 16.6. The highest BCUT2D eigenvalue weighted by Gasteiger charge is 2.32. The van der Waals surface area contributed by atoms with Gasteiger partial charge in [0.15, 0.2) is 0 Å². The number of ether oxygens (including phenoxy) is 1. The molecule has 0 aliphatic heterocycles. The molecule has 0 spiro atoms. The van der Waals surface area contributed by atoms with E-state index in [1.807, 2.05) is 30.3 Å². The quantitative estimate of drug-likeness (QED) is 0.873. The molecule has 1 aliphatic carbocycles. The lowest BCUT2D eigenvalue weighted by Gasteiger charge is -2.20. The number of aliphatic hydroxyl groups excluding tert-OH is 2. The molecule has 110 valence electrons. The maximum absolute atomic E-state index is 11.8. The second-order valence-corrected chi connectivity index (χ2v) is 5.39. The number of aliphatic hydroxyl groups is 2. The monoisotopic (exact) mass is 279 g/mol. The molecule has 2 rings (SSSR count). The molecule has 0 unspecified atom stereocenters. The van der Waals surface area contributed by atoms with E-state index < -0.39 is 12.2 Å². The Labute approximate surface area is 118 Å². The van der Waals surface area contributed by atoms with Crippen LogP contribution in [-0.2, 0) is 11.3 Å². The van der Waals surface area contributed by atoms with Crippen molar-refractivity contribution in [2.75, 3.05) is 13.6 Å². The number of nitrogens with zero attached hydrogens (tertiary/aromatic N) is 1. The van der Waals surface area contributed by atoms with Gasteiger partial charge < -0.3 is 19.8 Å². The van der Waals surface area contributed by atoms with E-state index in [2.05, 4.69) is 0 Å². The van der Waals surface area contributed by atoms with E-state index >= 15 is 0 Å². The average Bonchev–Trinajstić information content (AvgIpc) is 2.75. The molecule has 0 radical (unpaired) electrons. The highest BCUT2D eigenvalue weighted by molar-refractivity contribution is 5.67. The summed E-state index contributed by atoms with van der Waals surface area (Å²) in [5.74, 6) is 0.120. The third-order valence-electron chi connectivity index (χ3n) is 3.64. The van der Waals surface area contributed by atoms with Crippen molar-refractivity contribution in [2.24, 2.45) is 5.92 Å². The van der Waals surface area contributed by atoms with Gasteiger partial charge in [-0.3, -0.25) is 0 Å². The maximum Gasteiger partial charge on any atom is 0.409 e. The standard InChI is InChI=1S/C15H21NO4/c1-16(9-12-7-13(17)14(18)8-12)15(19)20-10-11-5-3-2-4-6-11/h2-6,12-14,17-18H,7-10H2,1H3/t12-,13+,14-. The van der Waals surface area contributed by atoms with Crippen LogP contribution in [-0.4, -0.2) is 47.0 Å². The zero-order valence-electron chi connectivity index (χ0n) is 11.6. The third-order valence-corrected chi connectivity index (χ3v) is 3.64. The van der Waals surface area contributed by atoms with Crippen LogP contribution in [0.4, 0.5) is 4.79 Å². The van der Waals surface area contributed by atoms with Gasteiger partial charge >= 0.3 is 6.09 Å². The fourth-order valence-electron chi connectivity index (χ4n) is 2.53. The Hall–Kier alpha value is -1.59. The molecule has 5 heteroatoms. The number of carbonyl (C=O) groups is 1. The lowest BCUT2D eigenvalue weighted by atomic mass is 10.1. The Morgan fingerprint density at radius 3 is 2.45 bits per heavy atom. The first-order valence-corrected chi connectivity index (χ1v) is 6.84. The summed E-state index contributed by atoms with van der Waals surface area (Å²) >= 11 is 0. The molecule has 1 saturated carbocycles. The molecule has 1 amide bonds. The minimum atomic E-state index is -0.672. The number of benzene rings is 1. The zero-order valence-corrected chi connectivity index (χ0v) is 11.6. The molecule has 1 aromatic carbocycles. The molecule has 1 aromatic rings.